The summed E-state index contributed by atoms with van der Waals surface area (Å²) in [4.78, 5) is 4.53. The van der Waals surface area contributed by atoms with Crippen molar-refractivity contribution in [2.75, 3.05) is 0 Å². The van der Waals surface area contributed by atoms with Gasteiger partial charge < -0.3 is 15.0 Å². The van der Waals surface area contributed by atoms with Crippen molar-refractivity contribution >= 4 is 0 Å². The van der Waals surface area contributed by atoms with Crippen LogP contribution in [0, 0.1) is 5.92 Å². The molecule has 0 amide bonds. The molecule has 1 aromatic heterocycles. The molecular weight excluding hydrogens is 266 g/mol. The Morgan fingerprint density at radius 2 is 2.19 bits per heavy atom. The first-order chi connectivity index (χ1) is 10.1. The molecule has 2 aliphatic rings. The Balaban J connectivity index is 1.65. The quantitative estimate of drug-likeness (QED) is 0.900. The third-order valence-electron chi connectivity index (χ3n) is 5.02. The summed E-state index contributed by atoms with van der Waals surface area (Å²) in [5.74, 6) is 2.01. The number of nitrogens with two attached hydrogens (primary N) is 1. The van der Waals surface area contributed by atoms with E-state index in [1.165, 1.54) is 12.8 Å². The van der Waals surface area contributed by atoms with E-state index in [1.807, 2.05) is 0 Å². The third-order valence-corrected chi connectivity index (χ3v) is 5.02. The lowest BCUT2D eigenvalue weighted by atomic mass is 9.77. The van der Waals surface area contributed by atoms with Crippen molar-refractivity contribution in [1.82, 2.24) is 10.1 Å². The molecule has 2 fully saturated rings. The molecular formula is C16H27N3O2. The summed E-state index contributed by atoms with van der Waals surface area (Å²) in [6.45, 7) is 4.40. The van der Waals surface area contributed by atoms with Crippen molar-refractivity contribution in [3.05, 3.63) is 11.7 Å². The van der Waals surface area contributed by atoms with Gasteiger partial charge in [0.05, 0.1) is 11.6 Å². The summed E-state index contributed by atoms with van der Waals surface area (Å²) in [5, 5.41) is 4.10. The minimum atomic E-state index is -0.362. The van der Waals surface area contributed by atoms with Gasteiger partial charge in [-0.3, -0.25) is 0 Å². The number of hydrogen-bond acceptors (Lipinski definition) is 5. The zero-order valence-corrected chi connectivity index (χ0v) is 13.2. The molecule has 3 atom stereocenters. The van der Waals surface area contributed by atoms with Crippen LogP contribution in [-0.4, -0.2) is 16.2 Å². The average molecular weight is 293 g/mol. The number of rotatable bonds is 5. The minimum Gasteiger partial charge on any atom is -0.365 e. The van der Waals surface area contributed by atoms with Crippen LogP contribution in [-0.2, 0) is 10.3 Å². The normalized spacial score (nSPS) is 29.9. The highest BCUT2D eigenvalue weighted by Gasteiger charge is 2.39. The minimum absolute atomic E-state index is 0.0924. The van der Waals surface area contributed by atoms with Gasteiger partial charge in [0.25, 0.3) is 5.89 Å². The molecule has 2 saturated carbocycles. The van der Waals surface area contributed by atoms with Gasteiger partial charge in [0.2, 0.25) is 0 Å². The van der Waals surface area contributed by atoms with Gasteiger partial charge in [-0.05, 0) is 44.4 Å². The van der Waals surface area contributed by atoms with Gasteiger partial charge in [0.15, 0.2) is 5.82 Å². The summed E-state index contributed by atoms with van der Waals surface area (Å²) in [5.41, 5.74) is 5.89. The fraction of sp³-hybridized carbons (Fsp3) is 0.875. The summed E-state index contributed by atoms with van der Waals surface area (Å²) < 4.78 is 11.7. The predicted molar refractivity (Wildman–Crippen MR) is 79.6 cm³/mol. The summed E-state index contributed by atoms with van der Waals surface area (Å²) in [6, 6.07) is 0. The Kier molecular flexibility index (Phi) is 4.31. The van der Waals surface area contributed by atoms with Crippen molar-refractivity contribution in [3.63, 3.8) is 0 Å². The molecule has 0 aromatic carbocycles. The lowest BCUT2D eigenvalue weighted by molar-refractivity contribution is -0.0547. The predicted octanol–water partition coefficient (Wildman–Crippen LogP) is 3.45. The highest BCUT2D eigenvalue weighted by atomic mass is 16.5. The summed E-state index contributed by atoms with van der Waals surface area (Å²) in [7, 11) is 0. The SMILES string of the molecule is CCC(OC1CCCC(C)C1)c1nc(C2(N)CCC2)no1. The number of hydrogen-bond donors (Lipinski definition) is 1. The van der Waals surface area contributed by atoms with Crippen LogP contribution in [0.3, 0.4) is 0 Å². The Bertz CT molecular complexity index is 470. The van der Waals surface area contributed by atoms with Crippen LogP contribution < -0.4 is 5.73 Å². The molecule has 0 saturated heterocycles. The van der Waals surface area contributed by atoms with Crippen LogP contribution in [0.4, 0.5) is 0 Å². The summed E-state index contributed by atoms with van der Waals surface area (Å²) >= 11 is 0. The van der Waals surface area contributed by atoms with Crippen molar-refractivity contribution in [3.8, 4) is 0 Å². The van der Waals surface area contributed by atoms with E-state index in [4.69, 9.17) is 15.0 Å². The maximum atomic E-state index is 6.26. The molecule has 3 rings (SSSR count). The van der Waals surface area contributed by atoms with E-state index in [0.29, 0.717) is 17.8 Å². The molecule has 0 radical (unpaired) electrons. The molecule has 2 N–H and O–H groups in total. The Labute approximate surface area is 126 Å². The van der Waals surface area contributed by atoms with E-state index in [2.05, 4.69) is 24.0 Å². The van der Waals surface area contributed by atoms with E-state index in [-0.39, 0.29) is 11.6 Å². The monoisotopic (exact) mass is 293 g/mol. The fourth-order valence-electron chi connectivity index (χ4n) is 3.41. The Morgan fingerprint density at radius 1 is 1.38 bits per heavy atom. The smallest absolute Gasteiger partial charge is 0.255 e. The molecule has 0 aliphatic heterocycles. The second kappa shape index (κ2) is 6.05. The molecule has 0 bridgehead atoms. The van der Waals surface area contributed by atoms with E-state index in [1.54, 1.807) is 0 Å². The lowest BCUT2D eigenvalue weighted by Gasteiger charge is -2.34. The zero-order chi connectivity index (χ0) is 14.9. The van der Waals surface area contributed by atoms with Crippen LogP contribution in [0.5, 0.6) is 0 Å². The van der Waals surface area contributed by atoms with Gasteiger partial charge in [0, 0.05) is 0 Å². The van der Waals surface area contributed by atoms with Crippen LogP contribution in [0.15, 0.2) is 4.52 Å². The lowest BCUT2D eigenvalue weighted by Crippen LogP contribution is -2.44. The number of ether oxygens (including phenoxy) is 1. The van der Waals surface area contributed by atoms with Crippen LogP contribution in [0.25, 0.3) is 0 Å². The number of aromatic nitrogens is 2. The topological polar surface area (TPSA) is 74.2 Å². The van der Waals surface area contributed by atoms with Gasteiger partial charge in [-0.2, -0.15) is 4.98 Å². The zero-order valence-electron chi connectivity index (χ0n) is 13.2. The molecule has 5 nitrogen and oxygen atoms in total. The Hall–Kier alpha value is -0.940. The molecule has 2 aliphatic carbocycles. The standard InChI is InChI=1S/C16H27N3O2/c1-3-13(20-12-7-4-6-11(2)10-12)14-18-15(19-21-14)16(17)8-5-9-16/h11-13H,3-10,17H2,1-2H3. The molecule has 5 heteroatoms. The van der Waals surface area contributed by atoms with Crippen LogP contribution in [0.1, 0.15) is 83.0 Å². The maximum Gasteiger partial charge on any atom is 0.255 e. The first-order valence-electron chi connectivity index (χ1n) is 8.39. The molecule has 21 heavy (non-hydrogen) atoms. The van der Waals surface area contributed by atoms with Gasteiger partial charge in [-0.15, -0.1) is 0 Å². The summed E-state index contributed by atoms with van der Waals surface area (Å²) in [6.07, 6.45) is 8.97. The van der Waals surface area contributed by atoms with Gasteiger partial charge in [-0.1, -0.05) is 31.8 Å². The molecule has 118 valence electrons. The molecule has 1 heterocycles. The van der Waals surface area contributed by atoms with E-state index in [9.17, 15) is 0 Å². The highest BCUT2D eigenvalue weighted by molar-refractivity contribution is 5.09. The van der Waals surface area contributed by atoms with Crippen LogP contribution in [0.2, 0.25) is 0 Å². The number of nitrogens with zero attached hydrogens (tertiary/aromatic N) is 2. The van der Waals surface area contributed by atoms with Crippen molar-refractivity contribution in [2.45, 2.75) is 83.0 Å². The van der Waals surface area contributed by atoms with Crippen molar-refractivity contribution in [2.24, 2.45) is 11.7 Å². The van der Waals surface area contributed by atoms with E-state index in [0.717, 1.165) is 44.4 Å². The second-order valence-corrected chi connectivity index (χ2v) is 6.89. The van der Waals surface area contributed by atoms with Crippen molar-refractivity contribution < 1.29 is 9.26 Å². The third kappa shape index (κ3) is 3.14. The second-order valence-electron chi connectivity index (χ2n) is 6.89. The first-order valence-corrected chi connectivity index (χ1v) is 8.39. The van der Waals surface area contributed by atoms with E-state index < -0.39 is 0 Å². The molecule has 3 unspecified atom stereocenters. The van der Waals surface area contributed by atoms with Crippen LogP contribution >= 0.6 is 0 Å². The highest BCUT2D eigenvalue weighted by Crippen LogP contribution is 2.38. The first kappa shape index (κ1) is 15.0. The van der Waals surface area contributed by atoms with E-state index >= 15 is 0 Å². The van der Waals surface area contributed by atoms with Gasteiger partial charge in [0.1, 0.15) is 6.10 Å². The molecule has 1 aromatic rings. The van der Waals surface area contributed by atoms with Gasteiger partial charge >= 0.3 is 0 Å². The maximum absolute atomic E-state index is 6.26. The largest absolute Gasteiger partial charge is 0.365 e. The Morgan fingerprint density at radius 3 is 2.81 bits per heavy atom. The van der Waals surface area contributed by atoms with Gasteiger partial charge in [-0.25, -0.2) is 0 Å². The average Bonchev–Trinajstić information content (AvgIpc) is 2.92. The van der Waals surface area contributed by atoms with Crippen molar-refractivity contribution in [1.29, 1.82) is 0 Å². The molecule has 0 spiro atoms. The fourth-order valence-corrected chi connectivity index (χ4v) is 3.41.